The van der Waals surface area contributed by atoms with E-state index in [2.05, 4.69) is 15.5 Å². The van der Waals surface area contributed by atoms with E-state index in [1.807, 2.05) is 25.1 Å². The van der Waals surface area contributed by atoms with Gasteiger partial charge < -0.3 is 19.8 Å². The highest BCUT2D eigenvalue weighted by Gasteiger charge is 2.28. The van der Waals surface area contributed by atoms with Crippen LogP contribution in [0, 0.1) is 0 Å². The average Bonchev–Trinajstić information content (AvgIpc) is 3.24. The summed E-state index contributed by atoms with van der Waals surface area (Å²) in [5, 5.41) is 16.1. The van der Waals surface area contributed by atoms with E-state index in [9.17, 15) is 9.90 Å². The van der Waals surface area contributed by atoms with Gasteiger partial charge in [-0.15, -0.1) is 0 Å². The molecule has 1 fully saturated rings. The Morgan fingerprint density at radius 1 is 1.48 bits per heavy atom. The summed E-state index contributed by atoms with van der Waals surface area (Å²) in [7, 11) is 0. The molecule has 122 valence electrons. The summed E-state index contributed by atoms with van der Waals surface area (Å²) in [5.41, 5.74) is 1.31. The molecule has 2 aromatic rings. The predicted molar refractivity (Wildman–Crippen MR) is 84.9 cm³/mol. The van der Waals surface area contributed by atoms with E-state index >= 15 is 0 Å². The lowest BCUT2D eigenvalue weighted by Gasteiger charge is -2.23. The number of nitrogens with one attached hydrogen (secondary N) is 1. The van der Waals surface area contributed by atoms with E-state index < -0.39 is 0 Å². The van der Waals surface area contributed by atoms with Gasteiger partial charge in [-0.25, -0.2) is 4.79 Å². The standard InChI is InChI=1S/C16H20N4O3/c1-2-14-18-15(23-19-14)12-7-3-4-8-13(12)17-16(22)20-9-5-6-11(20)10-21/h3-4,7-8,11,21H,2,5-6,9-10H2,1H3,(H,17,22)/t11-/m1/s1. The number of likely N-dealkylation sites (tertiary alicyclic amines) is 1. The second-order valence-electron chi connectivity index (χ2n) is 5.52. The van der Waals surface area contributed by atoms with Crippen molar-refractivity contribution in [3.8, 4) is 11.5 Å². The van der Waals surface area contributed by atoms with Gasteiger partial charge in [-0.2, -0.15) is 4.98 Å². The number of nitrogens with zero attached hydrogens (tertiary/aromatic N) is 3. The van der Waals surface area contributed by atoms with Gasteiger partial charge in [0.25, 0.3) is 5.89 Å². The van der Waals surface area contributed by atoms with E-state index in [0.29, 0.717) is 35.9 Å². The maximum Gasteiger partial charge on any atom is 0.322 e. The lowest BCUT2D eigenvalue weighted by molar-refractivity contribution is 0.166. The Morgan fingerprint density at radius 2 is 2.30 bits per heavy atom. The average molecular weight is 316 g/mol. The van der Waals surface area contributed by atoms with E-state index in [0.717, 1.165) is 12.8 Å². The fourth-order valence-electron chi connectivity index (χ4n) is 2.77. The predicted octanol–water partition coefficient (Wildman–Crippen LogP) is 2.29. The number of benzene rings is 1. The number of rotatable bonds is 4. The quantitative estimate of drug-likeness (QED) is 0.903. The van der Waals surface area contributed by atoms with Crippen molar-refractivity contribution in [2.75, 3.05) is 18.5 Å². The number of aliphatic hydroxyl groups excluding tert-OH is 1. The van der Waals surface area contributed by atoms with Crippen molar-refractivity contribution in [1.82, 2.24) is 15.0 Å². The van der Waals surface area contributed by atoms with Gasteiger partial charge in [-0.3, -0.25) is 0 Å². The number of anilines is 1. The lowest BCUT2D eigenvalue weighted by atomic mass is 10.1. The molecule has 0 bridgehead atoms. The smallest absolute Gasteiger partial charge is 0.322 e. The highest BCUT2D eigenvalue weighted by Crippen LogP contribution is 2.27. The molecule has 0 spiro atoms. The molecule has 2 N–H and O–H groups in total. The van der Waals surface area contributed by atoms with Crippen LogP contribution in [0.2, 0.25) is 0 Å². The maximum absolute atomic E-state index is 12.5. The first-order valence-electron chi connectivity index (χ1n) is 7.83. The third kappa shape index (κ3) is 3.19. The number of amides is 2. The van der Waals surface area contributed by atoms with Gasteiger partial charge in [-0.05, 0) is 25.0 Å². The van der Waals surface area contributed by atoms with Gasteiger partial charge in [0.1, 0.15) is 0 Å². The van der Waals surface area contributed by atoms with Gasteiger partial charge in [0.15, 0.2) is 5.82 Å². The molecule has 3 rings (SSSR count). The number of hydrogen-bond acceptors (Lipinski definition) is 5. The minimum atomic E-state index is -0.218. The van der Waals surface area contributed by atoms with E-state index in [1.165, 1.54) is 0 Å². The summed E-state index contributed by atoms with van der Waals surface area (Å²) < 4.78 is 5.27. The highest BCUT2D eigenvalue weighted by molar-refractivity contribution is 5.93. The maximum atomic E-state index is 12.5. The zero-order valence-corrected chi connectivity index (χ0v) is 13.0. The van der Waals surface area contributed by atoms with Crippen LogP contribution in [0.1, 0.15) is 25.6 Å². The van der Waals surface area contributed by atoms with Gasteiger partial charge >= 0.3 is 6.03 Å². The molecule has 1 atom stereocenters. The normalized spacial score (nSPS) is 17.5. The van der Waals surface area contributed by atoms with Crippen molar-refractivity contribution in [3.05, 3.63) is 30.1 Å². The Morgan fingerprint density at radius 3 is 3.04 bits per heavy atom. The first kappa shape index (κ1) is 15.5. The Bertz CT molecular complexity index is 685. The molecule has 0 saturated carbocycles. The molecule has 0 radical (unpaired) electrons. The topological polar surface area (TPSA) is 91.5 Å². The van der Waals surface area contributed by atoms with Gasteiger partial charge in [0.2, 0.25) is 0 Å². The molecular formula is C16H20N4O3. The van der Waals surface area contributed by atoms with Crippen LogP contribution in [0.15, 0.2) is 28.8 Å². The molecule has 1 aliphatic rings. The molecule has 0 aliphatic carbocycles. The molecule has 2 heterocycles. The summed E-state index contributed by atoms with van der Waals surface area (Å²) >= 11 is 0. The first-order chi connectivity index (χ1) is 11.2. The second kappa shape index (κ2) is 6.78. The number of aryl methyl sites for hydroxylation is 1. The molecule has 0 unspecified atom stereocenters. The number of hydrogen-bond donors (Lipinski definition) is 2. The Hall–Kier alpha value is -2.41. The van der Waals surface area contributed by atoms with Crippen LogP contribution in [-0.2, 0) is 6.42 Å². The molecule has 1 aromatic carbocycles. The van der Waals surface area contributed by atoms with Gasteiger partial charge in [0, 0.05) is 13.0 Å². The number of carbonyl (C=O) groups is 1. The minimum absolute atomic E-state index is 0.0153. The van der Waals surface area contributed by atoms with Crippen LogP contribution in [0.3, 0.4) is 0 Å². The van der Waals surface area contributed by atoms with Crippen molar-refractivity contribution >= 4 is 11.7 Å². The fraction of sp³-hybridized carbons (Fsp3) is 0.438. The van der Waals surface area contributed by atoms with Crippen molar-refractivity contribution < 1.29 is 14.4 Å². The highest BCUT2D eigenvalue weighted by atomic mass is 16.5. The number of aromatic nitrogens is 2. The number of aliphatic hydroxyl groups is 1. The Kier molecular flexibility index (Phi) is 4.57. The van der Waals surface area contributed by atoms with Crippen molar-refractivity contribution in [2.24, 2.45) is 0 Å². The molecule has 7 nitrogen and oxygen atoms in total. The van der Waals surface area contributed by atoms with Gasteiger partial charge in [0.05, 0.1) is 23.9 Å². The monoisotopic (exact) mass is 316 g/mol. The number of urea groups is 1. The zero-order valence-electron chi connectivity index (χ0n) is 13.0. The van der Waals surface area contributed by atoms with Crippen LogP contribution in [0.4, 0.5) is 10.5 Å². The summed E-state index contributed by atoms with van der Waals surface area (Å²) in [6.07, 6.45) is 2.42. The van der Waals surface area contributed by atoms with Crippen LogP contribution in [0.25, 0.3) is 11.5 Å². The summed E-state index contributed by atoms with van der Waals surface area (Å²) in [5.74, 6) is 1.01. The summed E-state index contributed by atoms with van der Waals surface area (Å²) in [6.45, 7) is 2.59. The van der Waals surface area contributed by atoms with Crippen molar-refractivity contribution in [1.29, 1.82) is 0 Å². The third-order valence-corrected chi connectivity index (χ3v) is 4.03. The van der Waals surface area contributed by atoms with Crippen molar-refractivity contribution in [3.63, 3.8) is 0 Å². The zero-order chi connectivity index (χ0) is 16.2. The molecule has 1 saturated heterocycles. The Labute approximate surface area is 134 Å². The lowest BCUT2D eigenvalue weighted by Crippen LogP contribution is -2.40. The molecular weight excluding hydrogens is 296 g/mol. The second-order valence-corrected chi connectivity index (χ2v) is 5.52. The SMILES string of the molecule is CCc1noc(-c2ccccc2NC(=O)N2CCC[C@@H]2CO)n1. The van der Waals surface area contributed by atoms with Gasteiger partial charge in [-0.1, -0.05) is 24.2 Å². The largest absolute Gasteiger partial charge is 0.394 e. The molecule has 1 aliphatic heterocycles. The molecule has 23 heavy (non-hydrogen) atoms. The fourth-order valence-corrected chi connectivity index (χ4v) is 2.77. The molecule has 7 heteroatoms. The van der Waals surface area contributed by atoms with E-state index in [-0.39, 0.29) is 18.7 Å². The number of para-hydroxylation sites is 1. The van der Waals surface area contributed by atoms with Crippen LogP contribution in [0.5, 0.6) is 0 Å². The number of carbonyl (C=O) groups excluding carboxylic acids is 1. The third-order valence-electron chi connectivity index (χ3n) is 4.03. The molecule has 1 aromatic heterocycles. The van der Waals surface area contributed by atoms with Crippen molar-refractivity contribution in [2.45, 2.75) is 32.2 Å². The van der Waals surface area contributed by atoms with Crippen LogP contribution < -0.4 is 5.32 Å². The summed E-state index contributed by atoms with van der Waals surface area (Å²) in [6, 6.07) is 6.99. The first-order valence-corrected chi connectivity index (χ1v) is 7.83. The van der Waals surface area contributed by atoms with Crippen LogP contribution >= 0.6 is 0 Å². The summed E-state index contributed by atoms with van der Waals surface area (Å²) in [4.78, 5) is 18.4. The van der Waals surface area contributed by atoms with E-state index in [1.54, 1.807) is 11.0 Å². The van der Waals surface area contributed by atoms with Crippen LogP contribution in [-0.4, -0.2) is 45.4 Å². The molecule has 2 amide bonds. The van der Waals surface area contributed by atoms with E-state index in [4.69, 9.17) is 4.52 Å². The Balaban J connectivity index is 1.82. The minimum Gasteiger partial charge on any atom is -0.394 e.